The van der Waals surface area contributed by atoms with Crippen LogP contribution in [0.4, 0.5) is 5.95 Å². The molecule has 0 fully saturated rings. The Hall–Kier alpha value is -1.69. The van der Waals surface area contributed by atoms with Crippen LogP contribution < -0.4 is 10.9 Å². The van der Waals surface area contributed by atoms with Gasteiger partial charge >= 0.3 is 0 Å². The summed E-state index contributed by atoms with van der Waals surface area (Å²) in [4.78, 5) is 15.3. The molecule has 2 rings (SSSR count). The van der Waals surface area contributed by atoms with Crippen LogP contribution in [0.5, 0.6) is 0 Å². The first-order valence-corrected chi connectivity index (χ1v) is 6.44. The van der Waals surface area contributed by atoms with Crippen molar-refractivity contribution in [2.45, 2.75) is 19.8 Å². The molecule has 5 nitrogen and oxygen atoms in total. The molecule has 2 heterocycles. The van der Waals surface area contributed by atoms with E-state index < -0.39 is 0 Å². The van der Waals surface area contributed by atoms with Gasteiger partial charge in [0.1, 0.15) is 0 Å². The molecule has 0 atom stereocenters. The molecule has 2 aromatic rings. The number of rotatable bonds is 5. The van der Waals surface area contributed by atoms with Crippen molar-refractivity contribution in [1.29, 1.82) is 0 Å². The third-order valence-corrected chi connectivity index (χ3v) is 3.15. The van der Waals surface area contributed by atoms with Crippen LogP contribution in [0, 0.1) is 0 Å². The monoisotopic (exact) mass is 250 g/mol. The number of nitrogens with zero attached hydrogens (tertiary/aromatic N) is 2. The van der Waals surface area contributed by atoms with Crippen molar-refractivity contribution in [2.75, 3.05) is 11.9 Å². The molecule has 17 heavy (non-hydrogen) atoms. The van der Waals surface area contributed by atoms with Gasteiger partial charge in [0.15, 0.2) is 5.69 Å². The Morgan fingerprint density at radius 1 is 1.47 bits per heavy atom. The molecular weight excluding hydrogens is 236 g/mol. The fourth-order valence-corrected chi connectivity index (χ4v) is 2.08. The molecule has 0 aliphatic heterocycles. The van der Waals surface area contributed by atoms with E-state index in [0.29, 0.717) is 11.6 Å². The van der Waals surface area contributed by atoms with Crippen LogP contribution in [0.2, 0.25) is 0 Å². The second-order valence-electron chi connectivity index (χ2n) is 3.61. The highest BCUT2D eigenvalue weighted by Gasteiger charge is 2.07. The van der Waals surface area contributed by atoms with Crippen LogP contribution >= 0.6 is 11.3 Å². The van der Waals surface area contributed by atoms with E-state index in [0.717, 1.165) is 24.3 Å². The molecule has 2 aromatic heterocycles. The highest BCUT2D eigenvalue weighted by atomic mass is 32.1. The summed E-state index contributed by atoms with van der Waals surface area (Å²) < 4.78 is 0. The number of anilines is 1. The van der Waals surface area contributed by atoms with Crippen LogP contribution in [-0.2, 0) is 0 Å². The summed E-state index contributed by atoms with van der Waals surface area (Å²) in [5.74, 6) is 0.434. The van der Waals surface area contributed by atoms with Crippen molar-refractivity contribution in [3.05, 3.63) is 27.9 Å². The van der Waals surface area contributed by atoms with Crippen LogP contribution in [0.1, 0.15) is 19.8 Å². The maximum Gasteiger partial charge on any atom is 0.279 e. The van der Waals surface area contributed by atoms with Crippen LogP contribution in [0.15, 0.2) is 22.3 Å². The Morgan fingerprint density at radius 2 is 2.35 bits per heavy atom. The zero-order valence-electron chi connectivity index (χ0n) is 9.56. The Kier molecular flexibility index (Phi) is 3.87. The molecule has 0 saturated heterocycles. The third kappa shape index (κ3) is 2.91. The van der Waals surface area contributed by atoms with E-state index in [9.17, 15) is 4.79 Å². The quantitative estimate of drug-likeness (QED) is 0.797. The average molecular weight is 250 g/mol. The van der Waals surface area contributed by atoms with E-state index in [1.54, 1.807) is 0 Å². The van der Waals surface area contributed by atoms with Gasteiger partial charge in [-0.25, -0.2) is 0 Å². The maximum atomic E-state index is 11.8. The molecular formula is C11H14N4OS. The van der Waals surface area contributed by atoms with Crippen LogP contribution in [0.3, 0.4) is 0 Å². The topological polar surface area (TPSA) is 70.7 Å². The van der Waals surface area contributed by atoms with E-state index in [-0.39, 0.29) is 5.56 Å². The first-order chi connectivity index (χ1) is 8.31. The molecule has 0 unspecified atom stereocenters. The standard InChI is InChI=1S/C11H14N4OS/c1-2-3-6-12-11-13-10(16)9(14-15-11)8-5-4-7-17-8/h4-5,7H,2-3,6H2,1H3,(H2,12,13,15,16). The molecule has 0 spiro atoms. The third-order valence-electron chi connectivity index (χ3n) is 2.27. The molecule has 0 aliphatic carbocycles. The lowest BCUT2D eigenvalue weighted by molar-refractivity contribution is 0.817. The van der Waals surface area contributed by atoms with Gasteiger partial charge in [0.05, 0.1) is 4.88 Å². The van der Waals surface area contributed by atoms with Gasteiger partial charge in [-0.1, -0.05) is 19.4 Å². The molecule has 0 radical (unpaired) electrons. The zero-order valence-corrected chi connectivity index (χ0v) is 10.4. The normalized spacial score (nSPS) is 10.4. The minimum absolute atomic E-state index is 0.207. The number of aromatic nitrogens is 3. The summed E-state index contributed by atoms with van der Waals surface area (Å²) in [5.41, 5.74) is 0.169. The predicted molar refractivity (Wildman–Crippen MR) is 69.4 cm³/mol. The lowest BCUT2D eigenvalue weighted by Crippen LogP contribution is -2.17. The summed E-state index contributed by atoms with van der Waals surface area (Å²) >= 11 is 1.47. The van der Waals surface area contributed by atoms with Crippen LogP contribution in [-0.4, -0.2) is 21.7 Å². The molecule has 6 heteroatoms. The molecule has 0 bridgehead atoms. The number of H-pyrrole nitrogens is 1. The van der Waals surface area contributed by atoms with E-state index in [1.165, 1.54) is 11.3 Å². The first-order valence-electron chi connectivity index (χ1n) is 5.56. The van der Waals surface area contributed by atoms with Gasteiger partial charge in [0.25, 0.3) is 5.56 Å². The van der Waals surface area contributed by atoms with Crippen molar-refractivity contribution in [2.24, 2.45) is 0 Å². The summed E-state index contributed by atoms with van der Waals surface area (Å²) in [6.07, 6.45) is 2.13. The molecule has 0 aromatic carbocycles. The van der Waals surface area contributed by atoms with Crippen molar-refractivity contribution < 1.29 is 0 Å². The van der Waals surface area contributed by atoms with Gasteiger partial charge in [-0.2, -0.15) is 0 Å². The molecule has 0 saturated carbocycles. The van der Waals surface area contributed by atoms with Crippen molar-refractivity contribution in [3.63, 3.8) is 0 Å². The van der Waals surface area contributed by atoms with E-state index in [4.69, 9.17) is 0 Å². The minimum Gasteiger partial charge on any atom is -0.354 e. The van der Waals surface area contributed by atoms with Gasteiger partial charge in [0, 0.05) is 6.54 Å². The summed E-state index contributed by atoms with van der Waals surface area (Å²) in [6.45, 7) is 2.90. The van der Waals surface area contributed by atoms with E-state index >= 15 is 0 Å². The van der Waals surface area contributed by atoms with Gasteiger partial charge in [0.2, 0.25) is 5.95 Å². The van der Waals surface area contributed by atoms with Crippen molar-refractivity contribution in [1.82, 2.24) is 15.2 Å². The SMILES string of the molecule is CCCCNc1nnc(-c2cccs2)c(=O)[nH]1. The Bertz CT molecular complexity index is 521. The second-order valence-corrected chi connectivity index (χ2v) is 4.56. The first kappa shape index (κ1) is 11.8. The molecule has 90 valence electrons. The van der Waals surface area contributed by atoms with Gasteiger partial charge < -0.3 is 5.32 Å². The lowest BCUT2D eigenvalue weighted by Gasteiger charge is -2.03. The van der Waals surface area contributed by atoms with E-state index in [2.05, 4.69) is 27.4 Å². The van der Waals surface area contributed by atoms with Gasteiger partial charge in [-0.05, 0) is 17.9 Å². The Balaban J connectivity index is 2.15. The van der Waals surface area contributed by atoms with E-state index in [1.807, 2.05) is 17.5 Å². The van der Waals surface area contributed by atoms with Gasteiger partial charge in [-0.3, -0.25) is 9.78 Å². The number of aromatic amines is 1. The number of thiophene rings is 1. The Morgan fingerprint density at radius 3 is 3.00 bits per heavy atom. The molecule has 2 N–H and O–H groups in total. The number of hydrogen-bond acceptors (Lipinski definition) is 5. The number of nitrogens with one attached hydrogen (secondary N) is 2. The van der Waals surface area contributed by atoms with Crippen molar-refractivity contribution in [3.8, 4) is 10.6 Å². The average Bonchev–Trinajstić information content (AvgIpc) is 2.83. The summed E-state index contributed by atoms with van der Waals surface area (Å²) in [7, 11) is 0. The Labute approximate surface area is 103 Å². The zero-order chi connectivity index (χ0) is 12.1. The van der Waals surface area contributed by atoms with Crippen LogP contribution in [0.25, 0.3) is 10.6 Å². The predicted octanol–water partition coefficient (Wildman–Crippen LogP) is 2.11. The smallest absolute Gasteiger partial charge is 0.279 e. The second kappa shape index (κ2) is 5.58. The fourth-order valence-electron chi connectivity index (χ4n) is 1.37. The highest BCUT2D eigenvalue weighted by Crippen LogP contribution is 2.18. The summed E-state index contributed by atoms with van der Waals surface area (Å²) in [6, 6.07) is 3.74. The lowest BCUT2D eigenvalue weighted by atomic mass is 10.3. The molecule has 0 amide bonds. The fraction of sp³-hybridized carbons (Fsp3) is 0.364. The number of hydrogen-bond donors (Lipinski definition) is 2. The minimum atomic E-state index is -0.207. The highest BCUT2D eigenvalue weighted by molar-refractivity contribution is 7.13. The largest absolute Gasteiger partial charge is 0.354 e. The summed E-state index contributed by atoms with van der Waals surface area (Å²) in [5, 5.41) is 12.9. The van der Waals surface area contributed by atoms with Crippen molar-refractivity contribution >= 4 is 17.3 Å². The molecule has 0 aliphatic rings. The number of unbranched alkanes of at least 4 members (excludes halogenated alkanes) is 1. The maximum absolute atomic E-state index is 11.8. The van der Waals surface area contributed by atoms with Gasteiger partial charge in [-0.15, -0.1) is 21.5 Å².